The average molecular weight is 550 g/mol. The SMILES string of the molecule is C=C/C=C(\C=C/C)c1c(C=C)c(C=C)c(-c2ccccc2)c(C)c1/C=C\C(=C)c1cccn1-c1ccccc1.CCC. The Bertz CT molecular complexity index is 1620. The molecule has 3 aromatic carbocycles. The predicted molar refractivity (Wildman–Crippen MR) is 190 cm³/mol. The molecule has 1 heterocycles. The van der Waals surface area contributed by atoms with Crippen LogP contribution in [0.4, 0.5) is 0 Å². The van der Waals surface area contributed by atoms with Gasteiger partial charge in [-0.2, -0.15) is 0 Å². The van der Waals surface area contributed by atoms with Crippen molar-refractivity contribution in [3.05, 3.63) is 169 Å². The second kappa shape index (κ2) is 15.8. The van der Waals surface area contributed by atoms with E-state index < -0.39 is 0 Å². The number of rotatable bonds is 10. The summed E-state index contributed by atoms with van der Waals surface area (Å²) in [5, 5.41) is 0. The summed E-state index contributed by atoms with van der Waals surface area (Å²) < 4.78 is 2.16. The molecule has 0 N–H and O–H groups in total. The molecular weight excluding hydrogens is 506 g/mol. The minimum Gasteiger partial charge on any atom is -0.317 e. The molecule has 0 aliphatic rings. The third kappa shape index (κ3) is 7.06. The van der Waals surface area contributed by atoms with Gasteiger partial charge in [-0.25, -0.2) is 0 Å². The zero-order valence-corrected chi connectivity index (χ0v) is 25.6. The van der Waals surface area contributed by atoms with Gasteiger partial charge in [-0.3, -0.25) is 0 Å². The summed E-state index contributed by atoms with van der Waals surface area (Å²) >= 11 is 0. The van der Waals surface area contributed by atoms with Crippen LogP contribution >= 0.6 is 0 Å². The lowest BCUT2D eigenvalue weighted by Crippen LogP contribution is -2.03. The van der Waals surface area contributed by atoms with Gasteiger partial charge in [-0.1, -0.05) is 144 Å². The molecule has 0 fully saturated rings. The summed E-state index contributed by atoms with van der Waals surface area (Å²) in [6.07, 6.45) is 19.5. The average Bonchev–Trinajstić information content (AvgIpc) is 3.51. The lowest BCUT2D eigenvalue weighted by Gasteiger charge is -2.23. The van der Waals surface area contributed by atoms with E-state index in [2.05, 4.69) is 131 Å². The highest BCUT2D eigenvalue weighted by Crippen LogP contribution is 2.41. The molecule has 0 amide bonds. The maximum absolute atomic E-state index is 4.44. The van der Waals surface area contributed by atoms with Gasteiger partial charge in [0.05, 0.1) is 5.69 Å². The number of aromatic nitrogens is 1. The fourth-order valence-electron chi connectivity index (χ4n) is 5.11. The summed E-state index contributed by atoms with van der Waals surface area (Å²) in [5.41, 5.74) is 11.9. The van der Waals surface area contributed by atoms with Gasteiger partial charge in [-0.15, -0.1) is 0 Å². The van der Waals surface area contributed by atoms with Crippen LogP contribution in [0.5, 0.6) is 0 Å². The lowest BCUT2D eigenvalue weighted by molar-refractivity contribution is 1.06. The van der Waals surface area contributed by atoms with Crippen molar-refractivity contribution in [1.29, 1.82) is 0 Å². The predicted octanol–water partition coefficient (Wildman–Crippen LogP) is 12.0. The van der Waals surface area contributed by atoms with Gasteiger partial charge in [-0.05, 0) is 88.2 Å². The molecular formula is C41H43N. The third-order valence-electron chi connectivity index (χ3n) is 6.84. The Morgan fingerprint density at radius 3 is 1.98 bits per heavy atom. The normalized spacial score (nSPS) is 11.3. The molecule has 1 heteroatoms. The van der Waals surface area contributed by atoms with Crippen molar-refractivity contribution >= 4 is 29.4 Å². The zero-order chi connectivity index (χ0) is 30.5. The van der Waals surface area contributed by atoms with Crippen molar-refractivity contribution in [2.24, 2.45) is 0 Å². The fourth-order valence-corrected chi connectivity index (χ4v) is 5.11. The van der Waals surface area contributed by atoms with E-state index in [0.29, 0.717) is 0 Å². The lowest BCUT2D eigenvalue weighted by atomic mass is 9.81. The van der Waals surface area contributed by atoms with Gasteiger partial charge >= 0.3 is 0 Å². The molecule has 1 aromatic heterocycles. The zero-order valence-electron chi connectivity index (χ0n) is 25.6. The van der Waals surface area contributed by atoms with Crippen molar-refractivity contribution in [2.75, 3.05) is 0 Å². The van der Waals surface area contributed by atoms with Crippen molar-refractivity contribution in [1.82, 2.24) is 4.57 Å². The first-order chi connectivity index (χ1) is 20.5. The van der Waals surface area contributed by atoms with E-state index in [-0.39, 0.29) is 0 Å². The molecule has 212 valence electrons. The van der Waals surface area contributed by atoms with Crippen LogP contribution in [0.3, 0.4) is 0 Å². The first kappa shape index (κ1) is 31.6. The quantitative estimate of drug-likeness (QED) is 0.173. The minimum atomic E-state index is 0.920. The highest BCUT2D eigenvalue weighted by atomic mass is 15.0. The molecule has 1 nitrogen and oxygen atoms in total. The highest BCUT2D eigenvalue weighted by molar-refractivity contribution is 5.96. The molecule has 4 rings (SSSR count). The largest absolute Gasteiger partial charge is 0.317 e. The van der Waals surface area contributed by atoms with E-state index in [0.717, 1.165) is 55.9 Å². The van der Waals surface area contributed by atoms with Gasteiger partial charge in [0.2, 0.25) is 0 Å². The number of nitrogens with zero attached hydrogens (tertiary/aromatic N) is 1. The van der Waals surface area contributed by atoms with Crippen LogP contribution < -0.4 is 0 Å². The summed E-state index contributed by atoms with van der Waals surface area (Å²) in [4.78, 5) is 0. The van der Waals surface area contributed by atoms with Crippen molar-refractivity contribution in [3.8, 4) is 16.8 Å². The molecule has 0 aliphatic carbocycles. The van der Waals surface area contributed by atoms with Crippen LogP contribution in [-0.4, -0.2) is 4.57 Å². The summed E-state index contributed by atoms with van der Waals surface area (Å²) in [6.45, 7) is 25.3. The molecule has 0 bridgehead atoms. The number of allylic oxidation sites excluding steroid dienone is 7. The first-order valence-electron chi connectivity index (χ1n) is 14.5. The van der Waals surface area contributed by atoms with E-state index in [1.54, 1.807) is 0 Å². The van der Waals surface area contributed by atoms with Crippen molar-refractivity contribution in [2.45, 2.75) is 34.1 Å². The molecule has 0 atom stereocenters. The van der Waals surface area contributed by atoms with Gasteiger partial charge in [0.15, 0.2) is 0 Å². The van der Waals surface area contributed by atoms with Crippen LogP contribution in [0.25, 0.3) is 46.2 Å². The Morgan fingerprint density at radius 1 is 0.786 bits per heavy atom. The van der Waals surface area contributed by atoms with Crippen LogP contribution in [0, 0.1) is 6.92 Å². The monoisotopic (exact) mass is 549 g/mol. The minimum absolute atomic E-state index is 0.920. The molecule has 0 spiro atoms. The van der Waals surface area contributed by atoms with Gasteiger partial charge in [0, 0.05) is 11.9 Å². The molecule has 0 radical (unpaired) electrons. The maximum Gasteiger partial charge on any atom is 0.0522 e. The summed E-state index contributed by atoms with van der Waals surface area (Å²) in [7, 11) is 0. The smallest absolute Gasteiger partial charge is 0.0522 e. The molecule has 0 unspecified atom stereocenters. The molecule has 0 saturated heterocycles. The van der Waals surface area contributed by atoms with Crippen molar-refractivity contribution < 1.29 is 0 Å². The first-order valence-corrected chi connectivity index (χ1v) is 14.5. The molecule has 42 heavy (non-hydrogen) atoms. The Balaban J connectivity index is 0.00000155. The second-order valence-electron chi connectivity index (χ2n) is 9.91. The summed E-state index contributed by atoms with van der Waals surface area (Å²) in [6, 6.07) is 24.9. The van der Waals surface area contributed by atoms with Crippen molar-refractivity contribution in [3.63, 3.8) is 0 Å². The van der Waals surface area contributed by atoms with Crippen LogP contribution in [0.2, 0.25) is 0 Å². The van der Waals surface area contributed by atoms with E-state index in [1.807, 2.05) is 55.5 Å². The van der Waals surface area contributed by atoms with Gasteiger partial charge < -0.3 is 4.57 Å². The molecule has 4 aromatic rings. The van der Waals surface area contributed by atoms with E-state index >= 15 is 0 Å². The van der Waals surface area contributed by atoms with Crippen LogP contribution in [0.15, 0.2) is 136 Å². The van der Waals surface area contributed by atoms with Gasteiger partial charge in [0.1, 0.15) is 0 Å². The Hall–Kier alpha value is -4.88. The number of benzene rings is 3. The Morgan fingerprint density at radius 2 is 1.40 bits per heavy atom. The highest BCUT2D eigenvalue weighted by Gasteiger charge is 2.20. The van der Waals surface area contributed by atoms with Gasteiger partial charge in [0.25, 0.3) is 0 Å². The van der Waals surface area contributed by atoms with E-state index in [9.17, 15) is 0 Å². The third-order valence-corrected chi connectivity index (χ3v) is 6.84. The summed E-state index contributed by atoms with van der Waals surface area (Å²) in [5.74, 6) is 0. The Labute approximate surface area is 253 Å². The van der Waals surface area contributed by atoms with E-state index in [4.69, 9.17) is 0 Å². The Kier molecular flexibility index (Phi) is 11.9. The van der Waals surface area contributed by atoms with E-state index in [1.165, 1.54) is 12.0 Å². The topological polar surface area (TPSA) is 4.93 Å². The maximum atomic E-state index is 4.44. The number of hydrogen-bond donors (Lipinski definition) is 0. The number of para-hydroxylation sites is 1. The van der Waals surface area contributed by atoms with Crippen LogP contribution in [0.1, 0.15) is 60.7 Å². The second-order valence-corrected chi connectivity index (χ2v) is 9.91. The number of hydrogen-bond acceptors (Lipinski definition) is 0. The fraction of sp³-hybridized carbons (Fsp3) is 0.122. The molecule has 0 aliphatic heterocycles. The van der Waals surface area contributed by atoms with Crippen LogP contribution in [-0.2, 0) is 0 Å². The molecule has 0 saturated carbocycles. The standard InChI is InChI=1S/C38H35N.C3H8/c1-7-18-30(19-8-2)38-34(10-4)33(9-3)37(31-20-13-11-14-21-31)29(6)35(38)26-25-28(5)36-24-17-27-39(36)32-22-15-12-16-23-32;1-3-2/h7-27H,1,3-5H2,2,6H3;3H2,1-2H3/b19-8-,26-25-,30-18+;.